The quantitative estimate of drug-likeness (QED) is 0.870. The van der Waals surface area contributed by atoms with Crippen LogP contribution in [0.25, 0.3) is 0 Å². The maximum atomic E-state index is 12.0. The van der Waals surface area contributed by atoms with Gasteiger partial charge in [-0.25, -0.2) is 4.98 Å². The predicted molar refractivity (Wildman–Crippen MR) is 66.2 cm³/mol. The highest BCUT2D eigenvalue weighted by atomic mass is 32.1. The number of hydrogen-bond acceptors (Lipinski definition) is 4. The Kier molecular flexibility index (Phi) is 4.04. The molecule has 1 amide bonds. The van der Waals surface area contributed by atoms with Crippen LogP contribution >= 0.6 is 11.3 Å². The van der Waals surface area contributed by atoms with Gasteiger partial charge in [0.15, 0.2) is 0 Å². The Morgan fingerprint density at radius 3 is 2.75 bits per heavy atom. The van der Waals surface area contributed by atoms with Gasteiger partial charge in [-0.05, 0) is 20.3 Å². The van der Waals surface area contributed by atoms with Crippen LogP contribution in [0.15, 0.2) is 5.51 Å². The van der Waals surface area contributed by atoms with Crippen molar-refractivity contribution in [1.29, 1.82) is 0 Å². The second-order valence-electron chi connectivity index (χ2n) is 4.29. The van der Waals surface area contributed by atoms with Gasteiger partial charge in [-0.2, -0.15) is 0 Å². The van der Waals surface area contributed by atoms with Crippen molar-refractivity contribution >= 4 is 17.2 Å². The first kappa shape index (κ1) is 13.1. The van der Waals surface area contributed by atoms with Crippen LogP contribution in [0.4, 0.5) is 0 Å². The summed E-state index contributed by atoms with van der Waals surface area (Å²) < 4.78 is 0. The van der Waals surface area contributed by atoms with Gasteiger partial charge < -0.3 is 10.6 Å². The standard InChI is InChI=1S/C11H19N3OS/c1-5-11(3,12)10(15)14(4)6-9-8(2)13-7-16-9/h7H,5-6,12H2,1-4H3. The molecule has 0 radical (unpaired) electrons. The molecule has 0 aliphatic rings. The van der Waals surface area contributed by atoms with E-state index in [1.54, 1.807) is 35.7 Å². The molecule has 16 heavy (non-hydrogen) atoms. The summed E-state index contributed by atoms with van der Waals surface area (Å²) in [6, 6.07) is 0. The zero-order valence-electron chi connectivity index (χ0n) is 10.3. The van der Waals surface area contributed by atoms with Crippen molar-refractivity contribution in [3.8, 4) is 0 Å². The van der Waals surface area contributed by atoms with Gasteiger partial charge in [-0.15, -0.1) is 11.3 Å². The topological polar surface area (TPSA) is 59.2 Å². The molecular formula is C11H19N3OS. The van der Waals surface area contributed by atoms with E-state index < -0.39 is 5.54 Å². The monoisotopic (exact) mass is 241 g/mol. The van der Waals surface area contributed by atoms with Crippen LogP contribution in [-0.2, 0) is 11.3 Å². The first-order valence-electron chi connectivity index (χ1n) is 5.32. The molecule has 1 aromatic rings. The van der Waals surface area contributed by atoms with Gasteiger partial charge in [0.1, 0.15) is 0 Å². The zero-order chi connectivity index (χ0) is 12.3. The summed E-state index contributed by atoms with van der Waals surface area (Å²) in [5.41, 5.74) is 7.94. The summed E-state index contributed by atoms with van der Waals surface area (Å²) in [5.74, 6) is -0.0252. The van der Waals surface area contributed by atoms with E-state index in [9.17, 15) is 4.79 Å². The molecule has 1 unspecified atom stereocenters. The predicted octanol–water partition coefficient (Wildman–Crippen LogP) is 1.54. The highest BCUT2D eigenvalue weighted by molar-refractivity contribution is 7.09. The van der Waals surface area contributed by atoms with E-state index >= 15 is 0 Å². The maximum Gasteiger partial charge on any atom is 0.242 e. The van der Waals surface area contributed by atoms with Gasteiger partial charge in [0.05, 0.1) is 23.3 Å². The van der Waals surface area contributed by atoms with Crippen molar-refractivity contribution in [1.82, 2.24) is 9.88 Å². The highest BCUT2D eigenvalue weighted by Gasteiger charge is 2.29. The average molecular weight is 241 g/mol. The number of hydrogen-bond donors (Lipinski definition) is 1. The first-order valence-corrected chi connectivity index (χ1v) is 6.20. The lowest BCUT2D eigenvalue weighted by atomic mass is 9.99. The molecule has 0 saturated carbocycles. The molecule has 0 aromatic carbocycles. The number of rotatable bonds is 4. The minimum absolute atomic E-state index is 0.0252. The lowest BCUT2D eigenvalue weighted by Crippen LogP contribution is -2.51. The third-order valence-corrected chi connectivity index (χ3v) is 3.72. The number of carbonyl (C=O) groups excluding carboxylic acids is 1. The molecule has 0 spiro atoms. The Hall–Kier alpha value is -0.940. The lowest BCUT2D eigenvalue weighted by Gasteiger charge is -2.27. The summed E-state index contributed by atoms with van der Waals surface area (Å²) in [6.07, 6.45) is 0.637. The van der Waals surface area contributed by atoms with Crippen molar-refractivity contribution in [2.75, 3.05) is 7.05 Å². The summed E-state index contributed by atoms with van der Waals surface area (Å²) >= 11 is 1.57. The molecule has 1 heterocycles. The zero-order valence-corrected chi connectivity index (χ0v) is 11.1. The molecule has 0 aliphatic carbocycles. The van der Waals surface area contributed by atoms with Crippen LogP contribution in [0, 0.1) is 6.92 Å². The van der Waals surface area contributed by atoms with E-state index in [4.69, 9.17) is 5.73 Å². The number of amides is 1. The largest absolute Gasteiger partial charge is 0.339 e. The second-order valence-corrected chi connectivity index (χ2v) is 5.23. The Morgan fingerprint density at radius 1 is 1.69 bits per heavy atom. The van der Waals surface area contributed by atoms with Crippen LogP contribution in [0.3, 0.4) is 0 Å². The maximum absolute atomic E-state index is 12.0. The summed E-state index contributed by atoms with van der Waals surface area (Å²) in [5, 5.41) is 0. The lowest BCUT2D eigenvalue weighted by molar-refractivity contribution is -0.135. The molecule has 0 fully saturated rings. The van der Waals surface area contributed by atoms with Crippen molar-refractivity contribution in [3.05, 3.63) is 16.1 Å². The van der Waals surface area contributed by atoms with E-state index in [1.165, 1.54) is 0 Å². The molecule has 1 rings (SSSR count). The number of likely N-dealkylation sites (N-methyl/N-ethyl adjacent to an activating group) is 1. The van der Waals surface area contributed by atoms with Gasteiger partial charge in [0, 0.05) is 11.9 Å². The Bertz CT molecular complexity index is 373. The van der Waals surface area contributed by atoms with Crippen LogP contribution in [0.1, 0.15) is 30.8 Å². The molecule has 2 N–H and O–H groups in total. The molecular weight excluding hydrogens is 222 g/mol. The van der Waals surface area contributed by atoms with Crippen LogP contribution in [0.5, 0.6) is 0 Å². The number of thiazole rings is 1. The molecule has 1 atom stereocenters. The number of nitrogens with zero attached hydrogens (tertiary/aromatic N) is 2. The SMILES string of the molecule is CCC(C)(N)C(=O)N(C)Cc1scnc1C. The average Bonchev–Trinajstić information content (AvgIpc) is 2.63. The van der Waals surface area contributed by atoms with Gasteiger partial charge in [-0.3, -0.25) is 4.79 Å². The van der Waals surface area contributed by atoms with E-state index in [1.807, 2.05) is 13.8 Å². The third kappa shape index (κ3) is 2.80. The van der Waals surface area contributed by atoms with E-state index in [0.29, 0.717) is 13.0 Å². The van der Waals surface area contributed by atoms with Crippen LogP contribution in [-0.4, -0.2) is 28.4 Å². The van der Waals surface area contributed by atoms with Gasteiger partial charge in [-0.1, -0.05) is 6.92 Å². The molecule has 1 aromatic heterocycles. The number of aromatic nitrogens is 1. The van der Waals surface area contributed by atoms with Crippen molar-refractivity contribution in [3.63, 3.8) is 0 Å². The molecule has 0 saturated heterocycles. The minimum Gasteiger partial charge on any atom is -0.339 e. The Balaban J connectivity index is 2.70. The van der Waals surface area contributed by atoms with E-state index in [0.717, 1.165) is 10.6 Å². The highest BCUT2D eigenvalue weighted by Crippen LogP contribution is 2.16. The molecule has 90 valence electrons. The molecule has 5 heteroatoms. The third-order valence-electron chi connectivity index (χ3n) is 2.80. The summed E-state index contributed by atoms with van der Waals surface area (Å²) in [4.78, 5) is 19.0. The fourth-order valence-corrected chi connectivity index (χ4v) is 2.18. The Morgan fingerprint density at radius 2 is 2.31 bits per heavy atom. The van der Waals surface area contributed by atoms with Gasteiger partial charge in [0.25, 0.3) is 0 Å². The summed E-state index contributed by atoms with van der Waals surface area (Å²) in [6.45, 7) is 6.22. The number of carbonyl (C=O) groups is 1. The van der Waals surface area contributed by atoms with Crippen molar-refractivity contribution < 1.29 is 4.79 Å². The minimum atomic E-state index is -0.770. The van der Waals surface area contributed by atoms with Crippen molar-refractivity contribution in [2.24, 2.45) is 5.73 Å². The van der Waals surface area contributed by atoms with Gasteiger partial charge in [0.2, 0.25) is 5.91 Å². The Labute approximate surface area is 100 Å². The molecule has 0 bridgehead atoms. The van der Waals surface area contributed by atoms with E-state index in [2.05, 4.69) is 4.98 Å². The van der Waals surface area contributed by atoms with Crippen molar-refractivity contribution in [2.45, 2.75) is 39.3 Å². The van der Waals surface area contributed by atoms with Gasteiger partial charge >= 0.3 is 0 Å². The van der Waals surface area contributed by atoms with Crippen LogP contribution in [0.2, 0.25) is 0 Å². The molecule has 0 aliphatic heterocycles. The fourth-order valence-electron chi connectivity index (χ4n) is 1.35. The molecule has 4 nitrogen and oxygen atoms in total. The van der Waals surface area contributed by atoms with E-state index in [-0.39, 0.29) is 5.91 Å². The first-order chi connectivity index (χ1) is 7.38. The fraction of sp³-hybridized carbons (Fsp3) is 0.636. The second kappa shape index (κ2) is 4.93. The summed E-state index contributed by atoms with van der Waals surface area (Å²) in [7, 11) is 1.78. The van der Waals surface area contributed by atoms with Crippen LogP contribution < -0.4 is 5.73 Å². The smallest absolute Gasteiger partial charge is 0.242 e. The number of nitrogens with two attached hydrogens (primary N) is 1. The number of aryl methyl sites for hydroxylation is 1. The normalized spacial score (nSPS) is 14.6.